The molecule has 19 nitrogen and oxygen atoms in total. The average molecular weight is 1160 g/mol. The number of carbonyl (C=O) groups is 1. The van der Waals surface area contributed by atoms with Crippen molar-refractivity contribution < 1.29 is 50.6 Å². The van der Waals surface area contributed by atoms with Crippen LogP contribution in [-0.4, -0.2) is 135 Å². The zero-order valence-corrected chi connectivity index (χ0v) is 47.5. The van der Waals surface area contributed by atoms with Gasteiger partial charge in [0.15, 0.2) is 23.1 Å². The first-order valence-electron chi connectivity index (χ1n) is 29.0. The number of hydrogen-bond donors (Lipinski definition) is 3. The van der Waals surface area contributed by atoms with Crippen LogP contribution < -0.4 is 34.0 Å². The molecule has 438 valence electrons. The largest absolute Gasteiger partial charge is 0.491 e. The van der Waals surface area contributed by atoms with Crippen molar-refractivity contribution in [1.29, 1.82) is 0 Å². The van der Waals surface area contributed by atoms with E-state index in [4.69, 9.17) is 28.7 Å². The predicted octanol–water partition coefficient (Wildman–Crippen LogP) is 9.64. The SMILES string of the molecule is CC(C)Oc1ccccc1[C@H]1CN(Cc2ccc(F)c(F)c2)CCN1C1CC2(CCN(c3ccc(C(=O)NS(=O)(=O)c4cc5c(c([N+](=O)[O-])c4)N[C@H](C4CCOCC4)CO5)c(N4c5cc6cc[nH]c6nc5O[C@H]5COCC[C@@H]54)c3)[C@H](C)C2)C1. The second-order valence-corrected chi connectivity index (χ2v) is 25.6. The Balaban J connectivity index is 0.785. The molecule has 5 atom stereocenters. The van der Waals surface area contributed by atoms with Crippen molar-refractivity contribution in [2.75, 3.05) is 74.3 Å². The summed E-state index contributed by atoms with van der Waals surface area (Å²) in [6.07, 6.45) is 7.21. The fraction of sp³-hybridized carbons (Fsp3) is 0.475. The van der Waals surface area contributed by atoms with E-state index in [0.717, 1.165) is 92.2 Å². The van der Waals surface area contributed by atoms with Crippen molar-refractivity contribution in [3.8, 4) is 17.4 Å². The summed E-state index contributed by atoms with van der Waals surface area (Å²) in [5, 5.41) is 16.7. The Morgan fingerprint density at radius 2 is 1.75 bits per heavy atom. The number of pyridine rings is 1. The number of hydrogen-bond acceptors (Lipinski definition) is 16. The number of H-pyrrole nitrogens is 1. The van der Waals surface area contributed by atoms with Crippen LogP contribution in [0, 0.1) is 33.1 Å². The lowest BCUT2D eigenvalue weighted by Crippen LogP contribution is -2.60. The molecule has 4 aromatic carbocycles. The summed E-state index contributed by atoms with van der Waals surface area (Å²) in [5.74, 6) is -1.28. The molecule has 1 saturated carbocycles. The lowest BCUT2D eigenvalue weighted by Gasteiger charge is -2.59. The highest BCUT2D eigenvalue weighted by atomic mass is 32.2. The number of amides is 1. The van der Waals surface area contributed by atoms with Crippen LogP contribution in [0.15, 0.2) is 96.0 Å². The molecule has 3 N–H and O–H groups in total. The lowest BCUT2D eigenvalue weighted by molar-refractivity contribution is -0.384. The van der Waals surface area contributed by atoms with E-state index in [9.17, 15) is 32.1 Å². The maximum Gasteiger partial charge on any atom is 0.297 e. The highest BCUT2D eigenvalue weighted by Gasteiger charge is 2.52. The Hall–Kier alpha value is -7.11. The van der Waals surface area contributed by atoms with E-state index in [1.54, 1.807) is 18.3 Å². The number of benzene rings is 4. The van der Waals surface area contributed by atoms with Gasteiger partial charge >= 0.3 is 0 Å². The summed E-state index contributed by atoms with van der Waals surface area (Å²) in [5.41, 5.74) is 4.14. The molecule has 83 heavy (non-hydrogen) atoms. The number of rotatable bonds is 13. The highest BCUT2D eigenvalue weighted by Crippen LogP contribution is 2.55. The number of para-hydroxylation sites is 1. The molecule has 0 unspecified atom stereocenters. The normalized spacial score (nSPS) is 25.8. The van der Waals surface area contributed by atoms with Crippen LogP contribution in [0.3, 0.4) is 0 Å². The molecule has 6 aromatic rings. The monoisotopic (exact) mass is 1160 g/mol. The number of carbonyl (C=O) groups excluding carboxylic acids is 1. The third-order valence-corrected chi connectivity index (χ3v) is 19.6. The maximum atomic E-state index is 15.0. The fourth-order valence-electron chi connectivity index (χ4n) is 14.3. The van der Waals surface area contributed by atoms with Crippen LogP contribution in [0.5, 0.6) is 17.4 Å². The summed E-state index contributed by atoms with van der Waals surface area (Å²) in [6, 6.07) is 23.8. The number of halogens is 2. The molecule has 4 saturated heterocycles. The number of nitro groups is 1. The lowest BCUT2D eigenvalue weighted by atomic mass is 9.58. The topological polar surface area (TPSA) is 206 Å². The molecular formula is C61H69F2N9O10S. The van der Waals surface area contributed by atoms with E-state index < -0.39 is 49.2 Å². The predicted molar refractivity (Wildman–Crippen MR) is 307 cm³/mol. The Bertz CT molecular complexity index is 3580. The molecule has 0 bridgehead atoms. The number of nitro benzene ring substituents is 1. The molecule has 13 rings (SSSR count). The van der Waals surface area contributed by atoms with Crippen LogP contribution in [0.4, 0.5) is 37.2 Å². The first-order valence-corrected chi connectivity index (χ1v) is 30.5. The van der Waals surface area contributed by atoms with Crippen molar-refractivity contribution in [2.24, 2.45) is 11.3 Å². The number of fused-ring (bicyclic) bond motifs is 4. The molecule has 8 heterocycles. The standard InChI is InChI=1S/C61H69F2N9O10S/c1-36(2)81-54-7-5-4-6-44(54)53-33-68(32-38-8-11-46(62)47(63)24-38)19-20-70(53)42-30-61(31-42)16-18-69(37(3)29-61)41-9-10-45(50(26-41)71-49-15-23-79-35-56(49)82-60-52(71)25-40-12-17-64-58(40)66-60)59(73)67-83(76,77)43-27-51(72(74)75)57-55(28-43)80-34-48(65-57)39-13-21-78-22-14-39/h4-12,17,24-28,36-37,39,42,48-49,53,56,65H,13-16,18-23,29-35H2,1-3H3,(H,64,66)(H,67,73)/t37-,42?,48+,49+,53-,56+,61?/m1/s1. The number of anilines is 4. The Kier molecular flexibility index (Phi) is 14.7. The number of piperazine rings is 1. The van der Waals surface area contributed by atoms with Crippen LogP contribution in [0.2, 0.25) is 0 Å². The molecule has 2 aromatic heterocycles. The van der Waals surface area contributed by atoms with Crippen LogP contribution >= 0.6 is 0 Å². The Morgan fingerprint density at radius 1 is 0.928 bits per heavy atom. The summed E-state index contributed by atoms with van der Waals surface area (Å²) in [4.78, 5) is 43.9. The van der Waals surface area contributed by atoms with Crippen LogP contribution in [-0.2, 0) is 26.0 Å². The third-order valence-electron chi connectivity index (χ3n) is 18.3. The average Bonchev–Trinajstić information content (AvgIpc) is 4.16. The molecule has 7 aliphatic rings. The van der Waals surface area contributed by atoms with Gasteiger partial charge in [-0.25, -0.2) is 21.9 Å². The van der Waals surface area contributed by atoms with Gasteiger partial charge in [-0.15, -0.1) is 0 Å². The number of ether oxygens (including phenoxy) is 5. The molecule has 0 radical (unpaired) electrons. The van der Waals surface area contributed by atoms with E-state index in [2.05, 4.69) is 53.7 Å². The number of nitrogens with zero attached hydrogens (tertiary/aromatic N) is 6. The van der Waals surface area contributed by atoms with Gasteiger partial charge in [0.2, 0.25) is 5.88 Å². The fourth-order valence-corrected chi connectivity index (χ4v) is 15.3. The summed E-state index contributed by atoms with van der Waals surface area (Å²) in [6.45, 7) is 11.8. The highest BCUT2D eigenvalue weighted by molar-refractivity contribution is 7.90. The maximum absolute atomic E-state index is 15.0. The molecule has 1 amide bonds. The van der Waals surface area contributed by atoms with E-state index in [1.165, 1.54) is 18.2 Å². The molecule has 6 aliphatic heterocycles. The van der Waals surface area contributed by atoms with Gasteiger partial charge in [-0.3, -0.25) is 24.7 Å². The number of aromatic nitrogens is 2. The minimum Gasteiger partial charge on any atom is -0.491 e. The van der Waals surface area contributed by atoms with Crippen LogP contribution in [0.25, 0.3) is 11.0 Å². The van der Waals surface area contributed by atoms with Crippen molar-refractivity contribution in [1.82, 2.24) is 24.5 Å². The van der Waals surface area contributed by atoms with E-state index in [-0.39, 0.29) is 71.8 Å². The third kappa shape index (κ3) is 10.7. The van der Waals surface area contributed by atoms with Gasteiger partial charge in [0, 0.05) is 99.6 Å². The van der Waals surface area contributed by atoms with Gasteiger partial charge < -0.3 is 43.8 Å². The quantitative estimate of drug-likeness (QED) is 0.0727. The molecule has 1 spiro atoms. The van der Waals surface area contributed by atoms with Gasteiger partial charge in [0.1, 0.15) is 29.8 Å². The van der Waals surface area contributed by atoms with Gasteiger partial charge in [-0.05, 0) is 131 Å². The smallest absolute Gasteiger partial charge is 0.297 e. The number of nitrogens with one attached hydrogen (secondary N) is 3. The number of aromatic amines is 1. The van der Waals surface area contributed by atoms with E-state index in [1.807, 2.05) is 50.2 Å². The zero-order valence-electron chi connectivity index (χ0n) is 46.7. The molecular weight excluding hydrogens is 1090 g/mol. The molecule has 5 fully saturated rings. The van der Waals surface area contributed by atoms with Gasteiger partial charge in [-0.2, -0.15) is 4.98 Å². The molecule has 1 aliphatic carbocycles. The van der Waals surface area contributed by atoms with Gasteiger partial charge in [-0.1, -0.05) is 24.3 Å². The first-order chi connectivity index (χ1) is 40.1. The van der Waals surface area contributed by atoms with Crippen molar-refractivity contribution in [2.45, 2.75) is 120 Å². The van der Waals surface area contributed by atoms with Gasteiger partial charge in [0.25, 0.3) is 21.6 Å². The second kappa shape index (κ2) is 22.1. The number of piperidine rings is 1. The first kappa shape index (κ1) is 55.1. The number of sulfonamides is 1. The zero-order chi connectivity index (χ0) is 57.3. The van der Waals surface area contributed by atoms with E-state index >= 15 is 0 Å². The van der Waals surface area contributed by atoms with Crippen molar-refractivity contribution in [3.63, 3.8) is 0 Å². The minimum absolute atomic E-state index is 0.00830. The Morgan fingerprint density at radius 3 is 2.54 bits per heavy atom. The molecule has 22 heteroatoms. The minimum atomic E-state index is -4.74. The summed E-state index contributed by atoms with van der Waals surface area (Å²) < 4.78 is 90.1. The van der Waals surface area contributed by atoms with Crippen LogP contribution in [0.1, 0.15) is 93.2 Å². The summed E-state index contributed by atoms with van der Waals surface area (Å²) >= 11 is 0. The van der Waals surface area contributed by atoms with Crippen molar-refractivity contribution >= 4 is 55.4 Å². The Labute approximate surface area is 480 Å². The van der Waals surface area contributed by atoms with Gasteiger partial charge in [0.05, 0.1) is 51.9 Å². The summed E-state index contributed by atoms with van der Waals surface area (Å²) in [7, 11) is -4.74. The van der Waals surface area contributed by atoms with Crippen molar-refractivity contribution in [3.05, 3.63) is 130 Å². The van der Waals surface area contributed by atoms with E-state index in [0.29, 0.717) is 68.3 Å². The second-order valence-electron chi connectivity index (χ2n) is 23.9.